The Kier molecular flexibility index (Phi) is 4.34. The van der Waals surface area contributed by atoms with Crippen LogP contribution in [0.25, 0.3) is 0 Å². The van der Waals surface area contributed by atoms with Gasteiger partial charge in [0, 0.05) is 24.7 Å². The molecule has 0 aliphatic heterocycles. The number of aryl methyl sites for hydroxylation is 1. The smallest absolute Gasteiger partial charge is 0.220 e. The van der Waals surface area contributed by atoms with Gasteiger partial charge in [-0.05, 0) is 13.3 Å². The van der Waals surface area contributed by atoms with Crippen molar-refractivity contribution in [2.45, 2.75) is 46.2 Å². The fourth-order valence-electron chi connectivity index (χ4n) is 1.45. The first-order valence-electron chi connectivity index (χ1n) is 5.52. The molecule has 4 heteroatoms. The molecule has 0 fully saturated rings. The highest BCUT2D eigenvalue weighted by Crippen LogP contribution is 2.15. The average Bonchev–Trinajstić information content (AvgIpc) is 2.73. The summed E-state index contributed by atoms with van der Waals surface area (Å²) in [6.07, 6.45) is 5.23. The molecule has 0 aromatic carbocycles. The molecule has 0 bridgehead atoms. The summed E-state index contributed by atoms with van der Waals surface area (Å²) in [5.41, 5.74) is 1.08. The quantitative estimate of drug-likeness (QED) is 0.804. The fraction of sp³-hybridized carbons (Fsp3) is 0.636. The number of nitrogens with one attached hydrogen (secondary N) is 1. The van der Waals surface area contributed by atoms with Gasteiger partial charge in [-0.1, -0.05) is 13.8 Å². The van der Waals surface area contributed by atoms with E-state index in [0.29, 0.717) is 6.42 Å². The summed E-state index contributed by atoms with van der Waals surface area (Å²) in [5.74, 6) is 0.0890. The van der Waals surface area contributed by atoms with Crippen LogP contribution in [0.15, 0.2) is 12.4 Å². The lowest BCUT2D eigenvalue weighted by Crippen LogP contribution is -2.26. The van der Waals surface area contributed by atoms with Gasteiger partial charge in [-0.3, -0.25) is 9.48 Å². The zero-order valence-corrected chi connectivity index (χ0v) is 9.66. The van der Waals surface area contributed by atoms with Crippen LogP contribution >= 0.6 is 0 Å². The van der Waals surface area contributed by atoms with Crippen LogP contribution in [0.2, 0.25) is 0 Å². The van der Waals surface area contributed by atoms with Gasteiger partial charge in [0.2, 0.25) is 5.91 Å². The van der Waals surface area contributed by atoms with E-state index < -0.39 is 0 Å². The van der Waals surface area contributed by atoms with Gasteiger partial charge in [0.1, 0.15) is 0 Å². The summed E-state index contributed by atoms with van der Waals surface area (Å²) in [4.78, 5) is 11.3. The van der Waals surface area contributed by atoms with E-state index in [1.54, 1.807) is 0 Å². The number of hydrogen-bond donors (Lipinski definition) is 1. The van der Waals surface area contributed by atoms with Crippen molar-refractivity contribution in [1.82, 2.24) is 15.1 Å². The third-order valence-corrected chi connectivity index (χ3v) is 2.44. The Labute approximate surface area is 90.7 Å². The normalized spacial score (nSPS) is 12.5. The molecule has 0 spiro atoms. The van der Waals surface area contributed by atoms with E-state index in [2.05, 4.69) is 17.3 Å². The highest BCUT2D eigenvalue weighted by atomic mass is 16.1. The zero-order valence-electron chi connectivity index (χ0n) is 9.66. The molecule has 0 saturated carbocycles. The minimum absolute atomic E-state index is 0.0890. The topological polar surface area (TPSA) is 46.9 Å². The van der Waals surface area contributed by atoms with Crippen LogP contribution in [0.3, 0.4) is 0 Å². The van der Waals surface area contributed by atoms with Crippen molar-refractivity contribution in [3.05, 3.63) is 18.0 Å². The van der Waals surface area contributed by atoms with Crippen molar-refractivity contribution >= 4 is 5.91 Å². The Morgan fingerprint density at radius 3 is 2.73 bits per heavy atom. The van der Waals surface area contributed by atoms with Crippen molar-refractivity contribution < 1.29 is 4.79 Å². The lowest BCUT2D eigenvalue weighted by molar-refractivity contribution is -0.121. The number of carbonyl (C=O) groups is 1. The van der Waals surface area contributed by atoms with E-state index in [1.165, 1.54) is 0 Å². The molecule has 1 rings (SSSR count). The number of rotatable bonds is 5. The summed E-state index contributed by atoms with van der Waals surface area (Å²) in [7, 11) is 0. The number of aromatic nitrogens is 2. The van der Waals surface area contributed by atoms with Gasteiger partial charge in [0.05, 0.1) is 12.2 Å². The van der Waals surface area contributed by atoms with Gasteiger partial charge in [0.25, 0.3) is 0 Å². The second kappa shape index (κ2) is 5.53. The second-order valence-corrected chi connectivity index (χ2v) is 3.51. The molecule has 1 heterocycles. The molecule has 0 aliphatic carbocycles. The summed E-state index contributed by atoms with van der Waals surface area (Å²) in [5, 5.41) is 7.18. The molecule has 1 amide bonds. The number of hydrogen-bond acceptors (Lipinski definition) is 2. The molecule has 1 atom stereocenters. The highest BCUT2D eigenvalue weighted by Gasteiger charge is 2.12. The predicted molar refractivity (Wildman–Crippen MR) is 59.4 cm³/mol. The molecule has 1 aromatic heterocycles. The lowest BCUT2D eigenvalue weighted by Gasteiger charge is -2.14. The van der Waals surface area contributed by atoms with Gasteiger partial charge in [0.15, 0.2) is 0 Å². The van der Waals surface area contributed by atoms with Crippen LogP contribution in [0.5, 0.6) is 0 Å². The Morgan fingerprint density at radius 1 is 1.53 bits per heavy atom. The van der Waals surface area contributed by atoms with Crippen molar-refractivity contribution in [3.8, 4) is 0 Å². The Balaban J connectivity index is 2.69. The SMILES string of the molecule is CCC(=O)NC(CC)c1cnn(CC)c1. The third-order valence-electron chi connectivity index (χ3n) is 2.44. The third kappa shape index (κ3) is 3.08. The first kappa shape index (κ1) is 11.8. The number of nitrogens with zero attached hydrogens (tertiary/aromatic N) is 2. The van der Waals surface area contributed by atoms with Gasteiger partial charge in [-0.2, -0.15) is 5.10 Å². The lowest BCUT2D eigenvalue weighted by atomic mass is 10.1. The van der Waals surface area contributed by atoms with Gasteiger partial charge >= 0.3 is 0 Å². The maximum Gasteiger partial charge on any atom is 0.220 e. The molecule has 1 unspecified atom stereocenters. The van der Waals surface area contributed by atoms with Crippen molar-refractivity contribution in [3.63, 3.8) is 0 Å². The highest BCUT2D eigenvalue weighted by molar-refractivity contribution is 5.76. The van der Waals surface area contributed by atoms with E-state index in [0.717, 1.165) is 18.5 Å². The number of carbonyl (C=O) groups excluding carboxylic acids is 1. The standard InChI is InChI=1S/C11H19N3O/c1-4-10(13-11(15)5-2)9-7-12-14(6-3)8-9/h7-8,10H,4-6H2,1-3H3,(H,13,15). The monoisotopic (exact) mass is 209 g/mol. The van der Waals surface area contributed by atoms with E-state index in [1.807, 2.05) is 30.9 Å². The van der Waals surface area contributed by atoms with Crippen molar-refractivity contribution in [2.24, 2.45) is 0 Å². The molecule has 15 heavy (non-hydrogen) atoms. The maximum absolute atomic E-state index is 11.3. The van der Waals surface area contributed by atoms with Crippen LogP contribution < -0.4 is 5.32 Å². The van der Waals surface area contributed by atoms with Crippen LogP contribution in [-0.4, -0.2) is 15.7 Å². The maximum atomic E-state index is 11.3. The first-order chi connectivity index (χ1) is 7.21. The van der Waals surface area contributed by atoms with E-state index in [9.17, 15) is 4.79 Å². The van der Waals surface area contributed by atoms with Crippen molar-refractivity contribution in [2.75, 3.05) is 0 Å². The van der Waals surface area contributed by atoms with Crippen LogP contribution in [0.1, 0.15) is 45.2 Å². The molecule has 0 saturated heterocycles. The molecule has 0 radical (unpaired) electrons. The summed E-state index contributed by atoms with van der Waals surface area (Å²) in [6, 6.07) is 0.0951. The second-order valence-electron chi connectivity index (χ2n) is 3.51. The Bertz CT molecular complexity index is 319. The van der Waals surface area contributed by atoms with Crippen LogP contribution in [0.4, 0.5) is 0 Å². The fourth-order valence-corrected chi connectivity index (χ4v) is 1.45. The average molecular weight is 209 g/mol. The summed E-state index contributed by atoms with van der Waals surface area (Å²) < 4.78 is 1.87. The first-order valence-corrected chi connectivity index (χ1v) is 5.52. The van der Waals surface area contributed by atoms with Gasteiger partial charge in [-0.15, -0.1) is 0 Å². The molecule has 4 nitrogen and oxygen atoms in total. The van der Waals surface area contributed by atoms with E-state index in [-0.39, 0.29) is 11.9 Å². The predicted octanol–water partition coefficient (Wildman–Crippen LogP) is 1.88. The van der Waals surface area contributed by atoms with E-state index >= 15 is 0 Å². The molecule has 1 aromatic rings. The van der Waals surface area contributed by atoms with Gasteiger partial charge in [-0.25, -0.2) is 0 Å². The zero-order chi connectivity index (χ0) is 11.3. The molecular formula is C11H19N3O. The minimum atomic E-state index is 0.0890. The summed E-state index contributed by atoms with van der Waals surface area (Å²) >= 11 is 0. The molecule has 84 valence electrons. The molecular weight excluding hydrogens is 190 g/mol. The van der Waals surface area contributed by atoms with Crippen molar-refractivity contribution in [1.29, 1.82) is 0 Å². The van der Waals surface area contributed by atoms with Crippen LogP contribution in [0, 0.1) is 0 Å². The number of amides is 1. The summed E-state index contributed by atoms with van der Waals surface area (Å²) in [6.45, 7) is 6.82. The Hall–Kier alpha value is -1.32. The van der Waals surface area contributed by atoms with Gasteiger partial charge < -0.3 is 5.32 Å². The minimum Gasteiger partial charge on any atom is -0.349 e. The largest absolute Gasteiger partial charge is 0.349 e. The van der Waals surface area contributed by atoms with Crippen LogP contribution in [-0.2, 0) is 11.3 Å². The Morgan fingerprint density at radius 2 is 2.27 bits per heavy atom. The molecule has 0 aliphatic rings. The molecule has 1 N–H and O–H groups in total. The van der Waals surface area contributed by atoms with E-state index in [4.69, 9.17) is 0 Å².